The smallest absolute Gasteiger partial charge is 0.0445 e. The van der Waals surface area contributed by atoms with Gasteiger partial charge in [-0.15, -0.1) is 0 Å². The molecule has 2 unspecified atom stereocenters. The van der Waals surface area contributed by atoms with Gasteiger partial charge in [-0.2, -0.15) is 0 Å². The molecule has 102 valence electrons. The molecule has 0 heterocycles. The molecular formula is C15H24BrNO. The van der Waals surface area contributed by atoms with Gasteiger partial charge in [0, 0.05) is 23.2 Å². The molecule has 0 amide bonds. The second-order valence-corrected chi connectivity index (χ2v) is 5.96. The first kappa shape index (κ1) is 15.7. The average molecular weight is 314 g/mol. The van der Waals surface area contributed by atoms with Crippen molar-refractivity contribution >= 4 is 15.9 Å². The van der Waals surface area contributed by atoms with Crippen molar-refractivity contribution < 1.29 is 5.11 Å². The van der Waals surface area contributed by atoms with E-state index in [1.54, 1.807) is 0 Å². The van der Waals surface area contributed by atoms with E-state index in [0.29, 0.717) is 18.0 Å². The highest BCUT2D eigenvalue weighted by molar-refractivity contribution is 9.10. The minimum atomic E-state index is 0.243. The van der Waals surface area contributed by atoms with E-state index in [1.807, 2.05) is 0 Å². The predicted octanol–water partition coefficient (Wildman–Crippen LogP) is 3.90. The van der Waals surface area contributed by atoms with Crippen LogP contribution < -0.4 is 5.32 Å². The van der Waals surface area contributed by atoms with Gasteiger partial charge in [-0.1, -0.05) is 48.8 Å². The first-order valence-corrected chi connectivity index (χ1v) is 7.50. The second-order valence-electron chi connectivity index (χ2n) is 5.04. The summed E-state index contributed by atoms with van der Waals surface area (Å²) in [5.74, 6) is 0.529. The zero-order valence-corrected chi connectivity index (χ0v) is 13.1. The van der Waals surface area contributed by atoms with E-state index in [9.17, 15) is 0 Å². The number of rotatable bonds is 7. The van der Waals surface area contributed by atoms with Crippen LogP contribution in [0.3, 0.4) is 0 Å². The van der Waals surface area contributed by atoms with Gasteiger partial charge < -0.3 is 10.4 Å². The lowest BCUT2D eigenvalue weighted by Gasteiger charge is -2.28. The standard InChI is InChI=1S/C15H24BrNO/c1-4-14(12-5-7-13(16)8-6-12)17-15(9-10-18)11(2)3/h5-8,11,14-15,17-18H,4,9-10H2,1-3H3. The van der Waals surface area contributed by atoms with E-state index in [1.165, 1.54) is 5.56 Å². The van der Waals surface area contributed by atoms with Crippen molar-refractivity contribution in [2.75, 3.05) is 6.61 Å². The molecule has 0 saturated heterocycles. The van der Waals surface area contributed by atoms with Gasteiger partial charge in [0.2, 0.25) is 0 Å². The van der Waals surface area contributed by atoms with Crippen molar-refractivity contribution in [3.8, 4) is 0 Å². The van der Waals surface area contributed by atoms with Crippen LogP contribution in [0.4, 0.5) is 0 Å². The molecule has 0 aliphatic carbocycles. The third-order valence-corrected chi connectivity index (χ3v) is 3.87. The highest BCUT2D eigenvalue weighted by atomic mass is 79.9. The lowest BCUT2D eigenvalue weighted by Crippen LogP contribution is -2.37. The lowest BCUT2D eigenvalue weighted by molar-refractivity contribution is 0.233. The molecule has 0 fully saturated rings. The molecule has 2 atom stereocenters. The van der Waals surface area contributed by atoms with Gasteiger partial charge in [-0.3, -0.25) is 0 Å². The Morgan fingerprint density at radius 1 is 1.22 bits per heavy atom. The summed E-state index contributed by atoms with van der Waals surface area (Å²) in [6, 6.07) is 9.19. The molecule has 0 aliphatic heterocycles. The van der Waals surface area contributed by atoms with Crippen molar-refractivity contribution in [2.45, 2.75) is 45.7 Å². The topological polar surface area (TPSA) is 32.3 Å². The van der Waals surface area contributed by atoms with Crippen molar-refractivity contribution in [3.05, 3.63) is 34.3 Å². The molecule has 1 aromatic carbocycles. The highest BCUT2D eigenvalue weighted by Crippen LogP contribution is 2.21. The van der Waals surface area contributed by atoms with Crippen LogP contribution in [-0.4, -0.2) is 17.8 Å². The van der Waals surface area contributed by atoms with Crippen LogP contribution in [0.1, 0.15) is 45.2 Å². The fraction of sp³-hybridized carbons (Fsp3) is 0.600. The zero-order chi connectivity index (χ0) is 13.5. The average Bonchev–Trinajstić information content (AvgIpc) is 2.35. The van der Waals surface area contributed by atoms with E-state index in [-0.39, 0.29) is 6.61 Å². The fourth-order valence-electron chi connectivity index (χ4n) is 2.15. The Balaban J connectivity index is 2.73. The molecule has 1 aromatic rings. The Bertz CT molecular complexity index is 337. The van der Waals surface area contributed by atoms with Gasteiger partial charge in [-0.05, 0) is 36.5 Å². The molecule has 18 heavy (non-hydrogen) atoms. The quantitative estimate of drug-likeness (QED) is 0.800. The van der Waals surface area contributed by atoms with Crippen LogP contribution in [-0.2, 0) is 0 Å². The first-order chi connectivity index (χ1) is 8.58. The summed E-state index contributed by atoms with van der Waals surface area (Å²) in [6.45, 7) is 6.83. The zero-order valence-electron chi connectivity index (χ0n) is 11.5. The van der Waals surface area contributed by atoms with Gasteiger partial charge in [0.15, 0.2) is 0 Å². The maximum Gasteiger partial charge on any atom is 0.0445 e. The maximum atomic E-state index is 9.13. The minimum Gasteiger partial charge on any atom is -0.396 e. The number of nitrogens with one attached hydrogen (secondary N) is 1. The molecule has 3 heteroatoms. The summed E-state index contributed by atoms with van der Waals surface area (Å²) >= 11 is 3.46. The lowest BCUT2D eigenvalue weighted by atomic mass is 9.97. The Kier molecular flexibility index (Phi) is 6.90. The summed E-state index contributed by atoms with van der Waals surface area (Å²) in [5, 5.41) is 12.8. The van der Waals surface area contributed by atoms with Gasteiger partial charge in [0.05, 0.1) is 0 Å². The molecule has 0 radical (unpaired) electrons. The third-order valence-electron chi connectivity index (χ3n) is 3.34. The molecule has 2 nitrogen and oxygen atoms in total. The Hall–Kier alpha value is -0.380. The molecule has 0 bridgehead atoms. The maximum absolute atomic E-state index is 9.13. The minimum absolute atomic E-state index is 0.243. The van der Waals surface area contributed by atoms with E-state index in [2.05, 4.69) is 66.3 Å². The van der Waals surface area contributed by atoms with Crippen LogP contribution >= 0.6 is 15.9 Å². The third kappa shape index (κ3) is 4.71. The summed E-state index contributed by atoms with van der Waals surface area (Å²) in [6.07, 6.45) is 1.86. The number of halogens is 1. The second kappa shape index (κ2) is 7.93. The van der Waals surface area contributed by atoms with E-state index in [0.717, 1.165) is 17.3 Å². The van der Waals surface area contributed by atoms with Crippen LogP contribution in [0, 0.1) is 5.92 Å². The summed E-state index contributed by atoms with van der Waals surface area (Å²) in [4.78, 5) is 0. The summed E-state index contributed by atoms with van der Waals surface area (Å²) in [7, 11) is 0. The van der Waals surface area contributed by atoms with Crippen LogP contribution in [0.2, 0.25) is 0 Å². The molecule has 0 saturated carbocycles. The normalized spacial score (nSPS) is 14.8. The van der Waals surface area contributed by atoms with Crippen molar-refractivity contribution in [1.82, 2.24) is 5.32 Å². The van der Waals surface area contributed by atoms with Gasteiger partial charge in [0.25, 0.3) is 0 Å². The Labute approximate surface area is 119 Å². The van der Waals surface area contributed by atoms with Crippen LogP contribution in [0.15, 0.2) is 28.7 Å². The molecular weight excluding hydrogens is 290 g/mol. The van der Waals surface area contributed by atoms with Crippen molar-refractivity contribution in [2.24, 2.45) is 5.92 Å². The van der Waals surface area contributed by atoms with Crippen LogP contribution in [0.25, 0.3) is 0 Å². The predicted molar refractivity (Wildman–Crippen MR) is 80.6 cm³/mol. The van der Waals surface area contributed by atoms with E-state index in [4.69, 9.17) is 5.11 Å². The summed E-state index contributed by atoms with van der Waals surface area (Å²) < 4.78 is 1.11. The number of hydrogen-bond donors (Lipinski definition) is 2. The number of aliphatic hydroxyl groups excluding tert-OH is 1. The van der Waals surface area contributed by atoms with Gasteiger partial charge >= 0.3 is 0 Å². The Morgan fingerprint density at radius 2 is 1.83 bits per heavy atom. The van der Waals surface area contributed by atoms with Crippen molar-refractivity contribution in [3.63, 3.8) is 0 Å². The highest BCUT2D eigenvalue weighted by Gasteiger charge is 2.17. The first-order valence-electron chi connectivity index (χ1n) is 6.70. The monoisotopic (exact) mass is 313 g/mol. The largest absolute Gasteiger partial charge is 0.396 e. The number of hydrogen-bond acceptors (Lipinski definition) is 2. The van der Waals surface area contributed by atoms with Crippen LogP contribution in [0.5, 0.6) is 0 Å². The molecule has 0 aliphatic rings. The Morgan fingerprint density at radius 3 is 2.28 bits per heavy atom. The number of aliphatic hydroxyl groups is 1. The summed E-state index contributed by atoms with van der Waals surface area (Å²) in [5.41, 5.74) is 1.31. The SMILES string of the molecule is CCC(NC(CCO)C(C)C)c1ccc(Br)cc1. The molecule has 1 rings (SSSR count). The number of benzene rings is 1. The molecule has 2 N–H and O–H groups in total. The molecule has 0 spiro atoms. The fourth-order valence-corrected chi connectivity index (χ4v) is 2.42. The van der Waals surface area contributed by atoms with E-state index >= 15 is 0 Å². The van der Waals surface area contributed by atoms with E-state index < -0.39 is 0 Å². The molecule has 0 aromatic heterocycles. The van der Waals surface area contributed by atoms with Gasteiger partial charge in [-0.25, -0.2) is 0 Å². The van der Waals surface area contributed by atoms with Gasteiger partial charge in [0.1, 0.15) is 0 Å². The van der Waals surface area contributed by atoms with Crippen molar-refractivity contribution in [1.29, 1.82) is 0 Å².